The zero-order valence-corrected chi connectivity index (χ0v) is 14.1. The van der Waals surface area contributed by atoms with Crippen molar-refractivity contribution >= 4 is 5.96 Å². The van der Waals surface area contributed by atoms with Crippen LogP contribution in [0.2, 0.25) is 0 Å². The first kappa shape index (κ1) is 15.9. The number of hydrogen-bond donors (Lipinski definition) is 1. The standard InChI is InChI=1S/C16H29N5/c1-6-17-16(18-9-13-7-8-13)20(4)10-14-11-21(5)19-15(14)12(2)3/h11-13H,6-10H2,1-5H3,(H,17,18). The number of hydrogen-bond acceptors (Lipinski definition) is 2. The molecule has 0 saturated heterocycles. The molecule has 118 valence electrons. The molecule has 1 aliphatic rings. The monoisotopic (exact) mass is 291 g/mol. The number of rotatable bonds is 6. The fraction of sp³-hybridized carbons (Fsp3) is 0.750. The van der Waals surface area contributed by atoms with Gasteiger partial charge >= 0.3 is 0 Å². The van der Waals surface area contributed by atoms with Crippen molar-refractivity contribution in [2.24, 2.45) is 18.0 Å². The topological polar surface area (TPSA) is 45.5 Å². The van der Waals surface area contributed by atoms with Gasteiger partial charge in [0.1, 0.15) is 0 Å². The summed E-state index contributed by atoms with van der Waals surface area (Å²) in [6.45, 7) is 9.20. The van der Waals surface area contributed by atoms with Crippen molar-refractivity contribution in [3.8, 4) is 0 Å². The second-order valence-electron chi connectivity index (χ2n) is 6.36. The van der Waals surface area contributed by atoms with Crippen LogP contribution in [0.4, 0.5) is 0 Å². The van der Waals surface area contributed by atoms with E-state index in [2.05, 4.69) is 49.3 Å². The van der Waals surface area contributed by atoms with Gasteiger partial charge in [-0.2, -0.15) is 5.10 Å². The summed E-state index contributed by atoms with van der Waals surface area (Å²) in [5.74, 6) is 2.26. The number of aryl methyl sites for hydroxylation is 1. The predicted octanol–water partition coefficient (Wildman–Crippen LogP) is 2.35. The summed E-state index contributed by atoms with van der Waals surface area (Å²) in [5.41, 5.74) is 2.47. The van der Waals surface area contributed by atoms with Crippen LogP contribution in [0.3, 0.4) is 0 Å². The van der Waals surface area contributed by atoms with Gasteiger partial charge in [0.05, 0.1) is 5.69 Å². The summed E-state index contributed by atoms with van der Waals surface area (Å²) in [6, 6.07) is 0. The van der Waals surface area contributed by atoms with Gasteiger partial charge in [0.25, 0.3) is 0 Å². The van der Waals surface area contributed by atoms with Crippen molar-refractivity contribution in [3.05, 3.63) is 17.5 Å². The minimum Gasteiger partial charge on any atom is -0.357 e. The minimum absolute atomic E-state index is 0.445. The van der Waals surface area contributed by atoms with Gasteiger partial charge < -0.3 is 10.2 Å². The highest BCUT2D eigenvalue weighted by atomic mass is 15.3. The smallest absolute Gasteiger partial charge is 0.193 e. The van der Waals surface area contributed by atoms with Crippen molar-refractivity contribution < 1.29 is 0 Å². The normalized spacial score (nSPS) is 15.6. The Labute approximate surface area is 128 Å². The van der Waals surface area contributed by atoms with Crippen LogP contribution in [0.15, 0.2) is 11.2 Å². The fourth-order valence-corrected chi connectivity index (χ4v) is 2.48. The molecule has 1 saturated carbocycles. The first-order valence-electron chi connectivity index (χ1n) is 8.03. The average molecular weight is 291 g/mol. The zero-order chi connectivity index (χ0) is 15.4. The third kappa shape index (κ3) is 4.48. The number of aliphatic imine (C=N–C) groups is 1. The number of aromatic nitrogens is 2. The fourth-order valence-electron chi connectivity index (χ4n) is 2.48. The first-order chi connectivity index (χ1) is 10.0. The molecule has 0 amide bonds. The molecule has 0 unspecified atom stereocenters. The highest BCUT2D eigenvalue weighted by molar-refractivity contribution is 5.79. The Morgan fingerprint density at radius 1 is 1.52 bits per heavy atom. The van der Waals surface area contributed by atoms with Crippen LogP contribution in [0.25, 0.3) is 0 Å². The average Bonchev–Trinajstić information content (AvgIpc) is 3.17. The van der Waals surface area contributed by atoms with Crippen LogP contribution < -0.4 is 5.32 Å². The van der Waals surface area contributed by atoms with E-state index in [0.717, 1.165) is 31.5 Å². The van der Waals surface area contributed by atoms with Crippen LogP contribution in [0.1, 0.15) is 50.8 Å². The van der Waals surface area contributed by atoms with E-state index in [1.54, 1.807) is 0 Å². The molecule has 0 aliphatic heterocycles. The summed E-state index contributed by atoms with van der Waals surface area (Å²) < 4.78 is 1.91. The highest BCUT2D eigenvalue weighted by Crippen LogP contribution is 2.28. The molecular formula is C16H29N5. The minimum atomic E-state index is 0.445. The quantitative estimate of drug-likeness (QED) is 0.646. The van der Waals surface area contributed by atoms with Gasteiger partial charge in [-0.25, -0.2) is 0 Å². The SMILES string of the molecule is CCNC(=NCC1CC1)N(C)Cc1cn(C)nc1C(C)C. The predicted molar refractivity (Wildman–Crippen MR) is 87.5 cm³/mol. The molecule has 1 aliphatic carbocycles. The Kier molecular flexibility index (Phi) is 5.26. The van der Waals surface area contributed by atoms with Crippen LogP contribution in [0.5, 0.6) is 0 Å². The van der Waals surface area contributed by atoms with Gasteiger partial charge in [0.2, 0.25) is 0 Å². The maximum absolute atomic E-state index is 4.76. The van der Waals surface area contributed by atoms with E-state index in [9.17, 15) is 0 Å². The first-order valence-corrected chi connectivity index (χ1v) is 8.03. The lowest BCUT2D eigenvalue weighted by Crippen LogP contribution is -2.38. The Balaban J connectivity index is 2.06. The Morgan fingerprint density at radius 2 is 2.24 bits per heavy atom. The second-order valence-corrected chi connectivity index (χ2v) is 6.36. The molecule has 0 radical (unpaired) electrons. The molecule has 0 spiro atoms. The second kappa shape index (κ2) is 6.96. The maximum atomic E-state index is 4.76. The highest BCUT2D eigenvalue weighted by Gasteiger charge is 2.21. The third-order valence-corrected chi connectivity index (χ3v) is 3.78. The molecule has 1 aromatic rings. The van der Waals surface area contributed by atoms with Gasteiger partial charge in [-0.1, -0.05) is 13.8 Å². The number of nitrogens with zero attached hydrogens (tertiary/aromatic N) is 4. The van der Waals surface area contributed by atoms with E-state index in [-0.39, 0.29) is 0 Å². The van der Waals surface area contributed by atoms with E-state index in [4.69, 9.17) is 4.99 Å². The Bertz CT molecular complexity index is 485. The van der Waals surface area contributed by atoms with E-state index >= 15 is 0 Å². The van der Waals surface area contributed by atoms with E-state index < -0.39 is 0 Å². The van der Waals surface area contributed by atoms with Gasteiger partial charge in [-0.05, 0) is 31.6 Å². The number of nitrogens with one attached hydrogen (secondary N) is 1. The molecule has 5 nitrogen and oxygen atoms in total. The van der Waals surface area contributed by atoms with Crippen LogP contribution >= 0.6 is 0 Å². The van der Waals surface area contributed by atoms with Crippen LogP contribution in [-0.4, -0.2) is 40.8 Å². The van der Waals surface area contributed by atoms with Crippen molar-refractivity contribution in [2.45, 2.75) is 46.1 Å². The third-order valence-electron chi connectivity index (χ3n) is 3.78. The molecule has 0 bridgehead atoms. The van der Waals surface area contributed by atoms with Gasteiger partial charge in [0, 0.05) is 45.5 Å². The summed E-state index contributed by atoms with van der Waals surface area (Å²) in [7, 11) is 4.09. The van der Waals surface area contributed by atoms with Crippen molar-refractivity contribution in [1.29, 1.82) is 0 Å². The van der Waals surface area contributed by atoms with Crippen LogP contribution in [-0.2, 0) is 13.6 Å². The zero-order valence-electron chi connectivity index (χ0n) is 14.1. The van der Waals surface area contributed by atoms with Crippen molar-refractivity contribution in [3.63, 3.8) is 0 Å². The van der Waals surface area contributed by atoms with Crippen molar-refractivity contribution in [1.82, 2.24) is 20.0 Å². The van der Waals surface area contributed by atoms with Gasteiger partial charge in [0.15, 0.2) is 5.96 Å². The summed E-state index contributed by atoms with van der Waals surface area (Å²) in [6.07, 6.45) is 4.80. The summed E-state index contributed by atoms with van der Waals surface area (Å²) >= 11 is 0. The Morgan fingerprint density at radius 3 is 2.81 bits per heavy atom. The van der Waals surface area contributed by atoms with Crippen molar-refractivity contribution in [2.75, 3.05) is 20.1 Å². The lowest BCUT2D eigenvalue weighted by molar-refractivity contribution is 0.473. The summed E-state index contributed by atoms with van der Waals surface area (Å²) in [4.78, 5) is 6.96. The lowest BCUT2D eigenvalue weighted by atomic mass is 10.1. The van der Waals surface area contributed by atoms with Gasteiger partial charge in [-0.3, -0.25) is 9.67 Å². The number of guanidine groups is 1. The Hall–Kier alpha value is -1.52. The van der Waals surface area contributed by atoms with Crippen LogP contribution in [0, 0.1) is 5.92 Å². The van der Waals surface area contributed by atoms with Gasteiger partial charge in [-0.15, -0.1) is 0 Å². The molecule has 1 N–H and O–H groups in total. The molecule has 2 rings (SSSR count). The molecular weight excluding hydrogens is 262 g/mol. The largest absolute Gasteiger partial charge is 0.357 e. The molecule has 1 heterocycles. The molecule has 5 heteroatoms. The molecule has 0 aromatic carbocycles. The summed E-state index contributed by atoms with van der Waals surface area (Å²) in [5, 5.41) is 7.97. The molecule has 1 fully saturated rings. The van der Waals surface area contributed by atoms with E-state index in [1.165, 1.54) is 24.1 Å². The van der Waals surface area contributed by atoms with E-state index in [0.29, 0.717) is 5.92 Å². The molecule has 21 heavy (non-hydrogen) atoms. The lowest BCUT2D eigenvalue weighted by Gasteiger charge is -2.22. The molecule has 1 aromatic heterocycles. The molecule has 0 atom stereocenters. The maximum Gasteiger partial charge on any atom is 0.193 e. The van der Waals surface area contributed by atoms with E-state index in [1.807, 2.05) is 11.7 Å².